The third-order valence-electron chi connectivity index (χ3n) is 3.10. The molecule has 0 aliphatic heterocycles. The molecule has 0 saturated heterocycles. The molecule has 2 aromatic rings. The van der Waals surface area contributed by atoms with Gasteiger partial charge >= 0.3 is 11.9 Å². The fourth-order valence-corrected chi connectivity index (χ4v) is 3.06. The predicted octanol–water partition coefficient (Wildman–Crippen LogP) is 1.70. The summed E-state index contributed by atoms with van der Waals surface area (Å²) in [5.41, 5.74) is 0.750. The maximum Gasteiger partial charge on any atom is 0.348 e. The monoisotopic (exact) mass is 309 g/mol. The Hall–Kier alpha value is -2.22. The van der Waals surface area contributed by atoms with Gasteiger partial charge in [-0.15, -0.1) is 11.3 Å². The lowest BCUT2D eigenvalue weighted by atomic mass is 10.2. The van der Waals surface area contributed by atoms with Gasteiger partial charge in [0.25, 0.3) is 0 Å². The average Bonchev–Trinajstić information content (AvgIpc) is 2.81. The van der Waals surface area contributed by atoms with Gasteiger partial charge in [-0.3, -0.25) is 4.79 Å². The van der Waals surface area contributed by atoms with Crippen molar-refractivity contribution in [3.8, 4) is 0 Å². The summed E-state index contributed by atoms with van der Waals surface area (Å²) < 4.78 is 4.76. The number of thiophene rings is 1. The second-order valence-electron chi connectivity index (χ2n) is 4.49. The van der Waals surface area contributed by atoms with Gasteiger partial charge in [0, 0.05) is 13.6 Å². The van der Waals surface area contributed by atoms with Crippen molar-refractivity contribution < 1.29 is 19.4 Å². The summed E-state index contributed by atoms with van der Waals surface area (Å²) in [6, 6.07) is 0. The van der Waals surface area contributed by atoms with Gasteiger partial charge in [-0.05, 0) is 12.5 Å². The Morgan fingerprint density at radius 2 is 2.14 bits per heavy atom. The molecular weight excluding hydrogens is 294 g/mol. The smallest absolute Gasteiger partial charge is 0.348 e. The SMILES string of the molecule is COC(=O)c1sc2ncnc(N(C)CCC(=O)O)c2c1C. The second-order valence-corrected chi connectivity index (χ2v) is 5.49. The van der Waals surface area contributed by atoms with Crippen LogP contribution in [-0.4, -0.2) is 47.7 Å². The van der Waals surface area contributed by atoms with E-state index in [4.69, 9.17) is 9.84 Å². The highest BCUT2D eigenvalue weighted by atomic mass is 32.1. The number of hydrogen-bond acceptors (Lipinski definition) is 7. The number of aliphatic carboxylic acids is 1. The van der Waals surface area contributed by atoms with Gasteiger partial charge in [0.05, 0.1) is 18.9 Å². The topological polar surface area (TPSA) is 92.6 Å². The molecule has 2 rings (SSSR count). The number of carboxylic acids is 1. The standard InChI is InChI=1S/C13H15N3O4S/c1-7-9-11(16(2)5-4-8(17)18)14-6-15-12(9)21-10(7)13(19)20-3/h6H,4-5H2,1-3H3,(H,17,18). The lowest BCUT2D eigenvalue weighted by molar-refractivity contribution is -0.136. The first kappa shape index (κ1) is 15.2. The number of aromatic nitrogens is 2. The average molecular weight is 309 g/mol. The molecule has 0 bridgehead atoms. The van der Waals surface area contributed by atoms with Crippen molar-refractivity contribution >= 4 is 39.3 Å². The lowest BCUT2D eigenvalue weighted by Crippen LogP contribution is -2.22. The first-order chi connectivity index (χ1) is 9.95. The van der Waals surface area contributed by atoms with Gasteiger partial charge in [-0.2, -0.15) is 0 Å². The maximum atomic E-state index is 11.7. The number of carbonyl (C=O) groups is 2. The van der Waals surface area contributed by atoms with Crippen molar-refractivity contribution in [1.82, 2.24) is 9.97 Å². The normalized spacial score (nSPS) is 10.6. The van der Waals surface area contributed by atoms with E-state index in [1.807, 2.05) is 6.92 Å². The molecule has 112 valence electrons. The van der Waals surface area contributed by atoms with E-state index in [1.165, 1.54) is 24.8 Å². The molecule has 0 atom stereocenters. The number of hydrogen-bond donors (Lipinski definition) is 1. The van der Waals surface area contributed by atoms with Crippen molar-refractivity contribution in [2.24, 2.45) is 0 Å². The summed E-state index contributed by atoms with van der Waals surface area (Å²) in [6.45, 7) is 2.13. The molecule has 0 aromatic carbocycles. The first-order valence-electron chi connectivity index (χ1n) is 6.21. The molecule has 8 heteroatoms. The van der Waals surface area contributed by atoms with E-state index in [0.717, 1.165) is 10.9 Å². The summed E-state index contributed by atoms with van der Waals surface area (Å²) in [7, 11) is 3.09. The molecule has 0 aliphatic carbocycles. The van der Waals surface area contributed by atoms with Gasteiger partial charge in [0.2, 0.25) is 0 Å². The van der Waals surface area contributed by atoms with Crippen molar-refractivity contribution in [3.05, 3.63) is 16.8 Å². The number of anilines is 1. The van der Waals surface area contributed by atoms with E-state index in [1.54, 1.807) is 11.9 Å². The Balaban J connectivity index is 2.47. The number of esters is 1. The summed E-state index contributed by atoms with van der Waals surface area (Å²) >= 11 is 1.24. The molecule has 1 N–H and O–H groups in total. The summed E-state index contributed by atoms with van der Waals surface area (Å²) in [4.78, 5) is 33.7. The van der Waals surface area contributed by atoms with Crippen LogP contribution in [-0.2, 0) is 9.53 Å². The first-order valence-corrected chi connectivity index (χ1v) is 7.02. The minimum Gasteiger partial charge on any atom is -0.481 e. The number of carbonyl (C=O) groups excluding carboxylic acids is 1. The van der Waals surface area contributed by atoms with Crippen molar-refractivity contribution in [2.45, 2.75) is 13.3 Å². The molecule has 0 fully saturated rings. The molecular formula is C13H15N3O4S. The van der Waals surface area contributed by atoms with Gasteiger partial charge in [-0.25, -0.2) is 14.8 Å². The number of nitrogens with zero attached hydrogens (tertiary/aromatic N) is 3. The maximum absolute atomic E-state index is 11.7. The Morgan fingerprint density at radius 1 is 1.43 bits per heavy atom. The van der Waals surface area contributed by atoms with Gasteiger partial charge < -0.3 is 14.7 Å². The number of carboxylic acid groups (broad SMARTS) is 1. The third-order valence-corrected chi connectivity index (χ3v) is 4.28. The molecule has 0 saturated carbocycles. The molecule has 21 heavy (non-hydrogen) atoms. The molecule has 7 nitrogen and oxygen atoms in total. The third kappa shape index (κ3) is 2.94. The fraction of sp³-hybridized carbons (Fsp3) is 0.385. The van der Waals surface area contributed by atoms with E-state index < -0.39 is 11.9 Å². The van der Waals surface area contributed by atoms with Gasteiger partial charge in [-0.1, -0.05) is 0 Å². The van der Waals surface area contributed by atoms with Crippen LogP contribution in [0.15, 0.2) is 6.33 Å². The highest BCUT2D eigenvalue weighted by Gasteiger charge is 2.21. The van der Waals surface area contributed by atoms with Crippen LogP contribution in [0.2, 0.25) is 0 Å². The van der Waals surface area contributed by atoms with Crippen LogP contribution in [0.5, 0.6) is 0 Å². The fourth-order valence-electron chi connectivity index (χ4n) is 2.00. The van der Waals surface area contributed by atoms with Crippen LogP contribution < -0.4 is 4.90 Å². The molecule has 2 aromatic heterocycles. The van der Waals surface area contributed by atoms with Crippen LogP contribution in [0.1, 0.15) is 21.7 Å². The molecule has 0 radical (unpaired) electrons. The largest absolute Gasteiger partial charge is 0.481 e. The number of aryl methyl sites for hydroxylation is 1. The van der Waals surface area contributed by atoms with E-state index in [9.17, 15) is 9.59 Å². The quantitative estimate of drug-likeness (QED) is 0.840. The van der Waals surface area contributed by atoms with E-state index in [0.29, 0.717) is 22.1 Å². The molecule has 0 amide bonds. The Labute approximate surface area is 125 Å². The zero-order chi connectivity index (χ0) is 15.6. The number of rotatable bonds is 5. The number of ether oxygens (including phenoxy) is 1. The predicted molar refractivity (Wildman–Crippen MR) is 79.0 cm³/mol. The van der Waals surface area contributed by atoms with Crippen LogP contribution in [0.3, 0.4) is 0 Å². The van der Waals surface area contributed by atoms with Crippen molar-refractivity contribution in [2.75, 3.05) is 25.6 Å². The molecule has 0 aliphatic rings. The minimum absolute atomic E-state index is 0.00897. The van der Waals surface area contributed by atoms with Crippen molar-refractivity contribution in [3.63, 3.8) is 0 Å². The number of fused-ring (bicyclic) bond motifs is 1. The Kier molecular flexibility index (Phi) is 4.37. The summed E-state index contributed by atoms with van der Waals surface area (Å²) in [6.07, 6.45) is 1.42. The zero-order valence-corrected chi connectivity index (χ0v) is 12.7. The lowest BCUT2D eigenvalue weighted by Gasteiger charge is -2.18. The summed E-state index contributed by atoms with van der Waals surface area (Å²) in [5, 5.41) is 9.53. The highest BCUT2D eigenvalue weighted by molar-refractivity contribution is 7.20. The molecule has 0 spiro atoms. The van der Waals surface area contributed by atoms with E-state index >= 15 is 0 Å². The van der Waals surface area contributed by atoms with E-state index in [2.05, 4.69) is 9.97 Å². The van der Waals surface area contributed by atoms with Gasteiger partial charge in [0.1, 0.15) is 21.9 Å². The summed E-state index contributed by atoms with van der Waals surface area (Å²) in [5.74, 6) is -0.663. The molecule has 0 unspecified atom stereocenters. The van der Waals surface area contributed by atoms with Crippen LogP contribution in [0.4, 0.5) is 5.82 Å². The Bertz CT molecular complexity index is 698. The van der Waals surface area contributed by atoms with Crippen LogP contribution in [0, 0.1) is 6.92 Å². The minimum atomic E-state index is -0.871. The van der Waals surface area contributed by atoms with Gasteiger partial charge in [0.15, 0.2) is 0 Å². The Morgan fingerprint density at radius 3 is 2.76 bits per heavy atom. The molecule has 2 heterocycles. The van der Waals surface area contributed by atoms with Crippen LogP contribution in [0.25, 0.3) is 10.2 Å². The zero-order valence-electron chi connectivity index (χ0n) is 11.9. The second kappa shape index (κ2) is 6.04. The number of methoxy groups -OCH3 is 1. The van der Waals surface area contributed by atoms with Crippen LogP contribution >= 0.6 is 11.3 Å². The highest BCUT2D eigenvalue weighted by Crippen LogP contribution is 2.34. The van der Waals surface area contributed by atoms with Crippen molar-refractivity contribution in [1.29, 1.82) is 0 Å². The van der Waals surface area contributed by atoms with E-state index in [-0.39, 0.29) is 6.42 Å².